The number of benzene rings is 2. The number of carbonyl (C=O) groups excluding carboxylic acids is 1. The van der Waals surface area contributed by atoms with E-state index in [4.69, 9.17) is 5.14 Å². The van der Waals surface area contributed by atoms with E-state index in [1.165, 1.54) is 12.1 Å². The van der Waals surface area contributed by atoms with Gasteiger partial charge in [-0.25, -0.2) is 13.6 Å². The maximum absolute atomic E-state index is 12.1. The standard InChI is InChI=1S/C16H17BrN2O3S/c1-11(13-4-8-15(9-5-13)23(18,21)22)19-16(20)10-12-2-6-14(17)7-3-12/h2-9,11H,10H2,1H3,(H,19,20)(H2,18,21,22)/t11-/m1/s1. The van der Waals surface area contributed by atoms with Crippen LogP contribution in [0.4, 0.5) is 0 Å². The number of sulfonamides is 1. The summed E-state index contributed by atoms with van der Waals surface area (Å²) in [7, 11) is -3.70. The fourth-order valence-corrected chi connectivity index (χ4v) is 2.89. The molecule has 0 aliphatic heterocycles. The lowest BCUT2D eigenvalue weighted by molar-refractivity contribution is -0.121. The molecule has 1 atom stereocenters. The van der Waals surface area contributed by atoms with Gasteiger partial charge in [0, 0.05) is 4.47 Å². The van der Waals surface area contributed by atoms with Gasteiger partial charge in [0.1, 0.15) is 0 Å². The number of amides is 1. The van der Waals surface area contributed by atoms with Gasteiger partial charge in [0.15, 0.2) is 0 Å². The van der Waals surface area contributed by atoms with Crippen LogP contribution in [0.25, 0.3) is 0 Å². The molecule has 0 fully saturated rings. The topological polar surface area (TPSA) is 89.3 Å². The normalized spacial score (nSPS) is 12.7. The predicted octanol–water partition coefficient (Wildman–Crippen LogP) is 2.52. The molecule has 5 nitrogen and oxygen atoms in total. The van der Waals surface area contributed by atoms with E-state index in [1.807, 2.05) is 31.2 Å². The minimum absolute atomic E-state index is 0.0506. The van der Waals surface area contributed by atoms with Crippen LogP contribution in [0.15, 0.2) is 57.9 Å². The molecular formula is C16H17BrN2O3S. The Hall–Kier alpha value is -1.70. The smallest absolute Gasteiger partial charge is 0.238 e. The second kappa shape index (κ2) is 7.25. The molecule has 0 aliphatic rings. The van der Waals surface area contributed by atoms with Crippen molar-refractivity contribution in [3.8, 4) is 0 Å². The highest BCUT2D eigenvalue weighted by Gasteiger charge is 2.12. The highest BCUT2D eigenvalue weighted by Crippen LogP contribution is 2.16. The minimum Gasteiger partial charge on any atom is -0.349 e. The Morgan fingerprint density at radius 1 is 1.13 bits per heavy atom. The molecule has 0 aliphatic carbocycles. The number of carbonyl (C=O) groups is 1. The Morgan fingerprint density at radius 3 is 2.22 bits per heavy atom. The average molecular weight is 397 g/mol. The van der Waals surface area contributed by atoms with E-state index in [2.05, 4.69) is 21.2 Å². The van der Waals surface area contributed by atoms with Gasteiger partial charge >= 0.3 is 0 Å². The third-order valence-electron chi connectivity index (χ3n) is 3.36. The van der Waals surface area contributed by atoms with E-state index in [-0.39, 0.29) is 23.3 Å². The van der Waals surface area contributed by atoms with Crippen LogP contribution in [0.2, 0.25) is 0 Å². The largest absolute Gasteiger partial charge is 0.349 e. The first-order valence-electron chi connectivity index (χ1n) is 6.92. The number of halogens is 1. The zero-order valence-corrected chi connectivity index (χ0v) is 14.9. The van der Waals surface area contributed by atoms with Crippen LogP contribution in [-0.2, 0) is 21.2 Å². The fourth-order valence-electron chi connectivity index (χ4n) is 2.11. The lowest BCUT2D eigenvalue weighted by Crippen LogP contribution is -2.28. The van der Waals surface area contributed by atoms with Gasteiger partial charge in [-0.1, -0.05) is 40.2 Å². The summed E-state index contributed by atoms with van der Waals surface area (Å²) in [6, 6.07) is 13.5. The first-order valence-corrected chi connectivity index (χ1v) is 9.26. The van der Waals surface area contributed by atoms with E-state index >= 15 is 0 Å². The zero-order chi connectivity index (χ0) is 17.0. The second-order valence-electron chi connectivity index (χ2n) is 5.21. The number of primary sulfonamides is 1. The zero-order valence-electron chi connectivity index (χ0n) is 12.5. The van der Waals surface area contributed by atoms with Gasteiger partial charge in [-0.15, -0.1) is 0 Å². The molecule has 23 heavy (non-hydrogen) atoms. The molecule has 122 valence electrons. The van der Waals surface area contributed by atoms with Gasteiger partial charge in [0.05, 0.1) is 17.4 Å². The molecule has 0 bridgehead atoms. The van der Waals surface area contributed by atoms with Crippen LogP contribution in [0.1, 0.15) is 24.1 Å². The van der Waals surface area contributed by atoms with Crippen molar-refractivity contribution in [1.29, 1.82) is 0 Å². The molecule has 2 rings (SSSR count). The monoisotopic (exact) mass is 396 g/mol. The molecule has 0 radical (unpaired) electrons. The molecule has 2 aromatic rings. The molecule has 2 aromatic carbocycles. The van der Waals surface area contributed by atoms with Crippen molar-refractivity contribution >= 4 is 31.9 Å². The van der Waals surface area contributed by atoms with Gasteiger partial charge < -0.3 is 5.32 Å². The van der Waals surface area contributed by atoms with Crippen LogP contribution in [0.3, 0.4) is 0 Å². The van der Waals surface area contributed by atoms with Crippen molar-refractivity contribution in [3.05, 3.63) is 64.1 Å². The van der Waals surface area contributed by atoms with E-state index in [9.17, 15) is 13.2 Å². The van der Waals surface area contributed by atoms with Gasteiger partial charge in [0.2, 0.25) is 15.9 Å². The van der Waals surface area contributed by atoms with Crippen LogP contribution >= 0.6 is 15.9 Å². The van der Waals surface area contributed by atoms with Crippen LogP contribution < -0.4 is 10.5 Å². The number of hydrogen-bond acceptors (Lipinski definition) is 3. The quantitative estimate of drug-likeness (QED) is 0.813. The van der Waals surface area contributed by atoms with Crippen molar-refractivity contribution in [2.75, 3.05) is 0 Å². The van der Waals surface area contributed by atoms with Crippen LogP contribution in [0, 0.1) is 0 Å². The molecule has 3 N–H and O–H groups in total. The first kappa shape index (κ1) is 17.7. The number of rotatable bonds is 5. The Morgan fingerprint density at radius 2 is 1.70 bits per heavy atom. The van der Waals surface area contributed by atoms with Crippen molar-refractivity contribution in [2.45, 2.75) is 24.3 Å². The maximum Gasteiger partial charge on any atom is 0.238 e. The summed E-state index contributed by atoms with van der Waals surface area (Å²) < 4.78 is 23.4. The lowest BCUT2D eigenvalue weighted by Gasteiger charge is -2.15. The van der Waals surface area contributed by atoms with Crippen LogP contribution in [0.5, 0.6) is 0 Å². The van der Waals surface area contributed by atoms with Crippen molar-refractivity contribution in [3.63, 3.8) is 0 Å². The molecule has 0 heterocycles. The highest BCUT2D eigenvalue weighted by molar-refractivity contribution is 9.10. The molecule has 7 heteroatoms. The Bertz CT molecular complexity index is 787. The summed E-state index contributed by atoms with van der Waals surface area (Å²) in [6.07, 6.45) is 0.285. The van der Waals surface area contributed by atoms with Crippen molar-refractivity contribution in [1.82, 2.24) is 5.32 Å². The fraction of sp³-hybridized carbons (Fsp3) is 0.188. The second-order valence-corrected chi connectivity index (χ2v) is 7.68. The van der Waals surface area contributed by atoms with E-state index in [0.717, 1.165) is 15.6 Å². The molecule has 0 aromatic heterocycles. The molecule has 0 saturated heterocycles. The SMILES string of the molecule is C[C@@H](NC(=O)Cc1ccc(Br)cc1)c1ccc(S(N)(=O)=O)cc1. The minimum atomic E-state index is -3.70. The van der Waals surface area contributed by atoms with Gasteiger partial charge in [0.25, 0.3) is 0 Å². The van der Waals surface area contributed by atoms with Crippen molar-refractivity contribution in [2.24, 2.45) is 5.14 Å². The lowest BCUT2D eigenvalue weighted by atomic mass is 10.1. The summed E-state index contributed by atoms with van der Waals surface area (Å²) in [5.41, 5.74) is 1.73. The van der Waals surface area contributed by atoms with Crippen LogP contribution in [-0.4, -0.2) is 14.3 Å². The molecule has 0 spiro atoms. The third-order valence-corrected chi connectivity index (χ3v) is 4.82. The van der Waals surface area contributed by atoms with E-state index in [0.29, 0.717) is 0 Å². The summed E-state index contributed by atoms with van der Waals surface area (Å²) in [4.78, 5) is 12.1. The number of nitrogens with one attached hydrogen (secondary N) is 1. The summed E-state index contributed by atoms with van der Waals surface area (Å²) in [6.45, 7) is 1.84. The predicted molar refractivity (Wildman–Crippen MR) is 92.2 cm³/mol. The highest BCUT2D eigenvalue weighted by atomic mass is 79.9. The number of nitrogens with two attached hydrogens (primary N) is 1. The Balaban J connectivity index is 1.99. The van der Waals surface area contributed by atoms with Gasteiger partial charge in [-0.05, 0) is 42.3 Å². The number of hydrogen-bond donors (Lipinski definition) is 2. The van der Waals surface area contributed by atoms with Gasteiger partial charge in [-0.2, -0.15) is 0 Å². The molecular weight excluding hydrogens is 380 g/mol. The first-order chi connectivity index (χ1) is 10.8. The summed E-state index contributed by atoms with van der Waals surface area (Å²) >= 11 is 3.35. The molecule has 0 saturated carbocycles. The molecule has 1 amide bonds. The third kappa shape index (κ3) is 5.16. The van der Waals surface area contributed by atoms with Crippen molar-refractivity contribution < 1.29 is 13.2 Å². The Kier molecular flexibility index (Phi) is 5.56. The maximum atomic E-state index is 12.1. The van der Waals surface area contributed by atoms with E-state index < -0.39 is 10.0 Å². The summed E-state index contributed by atoms with van der Waals surface area (Å²) in [5, 5.41) is 7.95. The molecule has 0 unspecified atom stereocenters. The van der Waals surface area contributed by atoms with Gasteiger partial charge in [-0.3, -0.25) is 4.79 Å². The average Bonchev–Trinajstić information content (AvgIpc) is 2.49. The Labute approximate surface area is 144 Å². The summed E-state index contributed by atoms with van der Waals surface area (Å²) in [5.74, 6) is -0.102. The van der Waals surface area contributed by atoms with E-state index in [1.54, 1.807) is 12.1 Å².